The lowest BCUT2D eigenvalue weighted by Crippen LogP contribution is -2.57. The van der Waals surface area contributed by atoms with Crippen molar-refractivity contribution in [2.45, 2.75) is 58.7 Å². The lowest BCUT2D eigenvalue weighted by Gasteiger charge is -2.56. The number of benzene rings is 1. The molecule has 7 nitrogen and oxygen atoms in total. The Morgan fingerprint density at radius 3 is 2.66 bits per heavy atom. The number of allylic oxidation sites excluding steroid dienone is 3. The summed E-state index contributed by atoms with van der Waals surface area (Å²) in [6.07, 6.45) is 7.61. The van der Waals surface area contributed by atoms with Gasteiger partial charge in [-0.3, -0.25) is 9.59 Å². The highest BCUT2D eigenvalue weighted by molar-refractivity contribution is 5.90. The summed E-state index contributed by atoms with van der Waals surface area (Å²) in [7, 11) is 0. The molecule has 2 N–H and O–H groups in total. The summed E-state index contributed by atoms with van der Waals surface area (Å²) in [6, 6.07) is 10.1. The zero-order chi connectivity index (χ0) is 27.0. The molecule has 0 spiro atoms. The SMILES string of the molecule is CC(=O)OCC(=O)[C@@]1(O)[C@H](C)C[C@H]2[C@@H]3C=C(C)C4=Cc5c(cnn5-c5ccccc5)C[C@]4(C)[C@H]3[C@@H](O)C[C@@H]21. The van der Waals surface area contributed by atoms with Crippen molar-refractivity contribution in [3.63, 3.8) is 0 Å². The smallest absolute Gasteiger partial charge is 0.303 e. The molecule has 1 heterocycles. The first kappa shape index (κ1) is 25.3. The summed E-state index contributed by atoms with van der Waals surface area (Å²) in [4.78, 5) is 24.5. The van der Waals surface area contributed by atoms with Crippen molar-refractivity contribution >= 4 is 17.8 Å². The van der Waals surface area contributed by atoms with Gasteiger partial charge in [0, 0.05) is 24.2 Å². The summed E-state index contributed by atoms with van der Waals surface area (Å²) in [5.74, 6) is -1.61. The van der Waals surface area contributed by atoms with E-state index in [9.17, 15) is 19.8 Å². The maximum absolute atomic E-state index is 13.2. The second kappa shape index (κ2) is 8.75. The molecule has 8 atom stereocenters. The molecule has 0 unspecified atom stereocenters. The third-order valence-electron chi connectivity index (χ3n) is 10.1. The Morgan fingerprint density at radius 1 is 1.21 bits per heavy atom. The second-order valence-electron chi connectivity index (χ2n) is 12.1. The zero-order valence-electron chi connectivity index (χ0n) is 22.4. The number of ketones is 1. The highest BCUT2D eigenvalue weighted by atomic mass is 16.5. The van der Waals surface area contributed by atoms with Crippen molar-refractivity contribution in [1.29, 1.82) is 0 Å². The molecule has 200 valence electrons. The topological polar surface area (TPSA) is 102 Å². The van der Waals surface area contributed by atoms with Crippen LogP contribution in [0.15, 0.2) is 53.8 Å². The number of carbonyl (C=O) groups excluding carboxylic acids is 2. The van der Waals surface area contributed by atoms with Crippen LogP contribution in [0.2, 0.25) is 0 Å². The van der Waals surface area contributed by atoms with Crippen molar-refractivity contribution in [3.05, 3.63) is 65.0 Å². The summed E-state index contributed by atoms with van der Waals surface area (Å²) in [6.45, 7) is 7.13. The zero-order valence-corrected chi connectivity index (χ0v) is 22.4. The summed E-state index contributed by atoms with van der Waals surface area (Å²) in [5, 5.41) is 28.2. The minimum absolute atomic E-state index is 0.0367. The quantitative estimate of drug-likeness (QED) is 0.598. The van der Waals surface area contributed by atoms with Crippen molar-refractivity contribution < 1.29 is 24.5 Å². The van der Waals surface area contributed by atoms with Crippen LogP contribution in [0.5, 0.6) is 0 Å². The van der Waals surface area contributed by atoms with E-state index in [1.54, 1.807) is 0 Å². The first-order chi connectivity index (χ1) is 18.1. The van der Waals surface area contributed by atoms with Gasteiger partial charge in [0.05, 0.1) is 23.7 Å². The Balaban J connectivity index is 1.38. The predicted molar refractivity (Wildman–Crippen MR) is 142 cm³/mol. The van der Waals surface area contributed by atoms with E-state index in [0.29, 0.717) is 12.8 Å². The molecular formula is C31H36N2O5. The van der Waals surface area contributed by atoms with Crippen LogP contribution in [0.25, 0.3) is 11.8 Å². The fourth-order valence-electron chi connectivity index (χ4n) is 8.48. The van der Waals surface area contributed by atoms with Crippen molar-refractivity contribution in [3.8, 4) is 5.69 Å². The Kier molecular flexibility index (Phi) is 5.81. The van der Waals surface area contributed by atoms with Gasteiger partial charge in [0.25, 0.3) is 0 Å². The monoisotopic (exact) mass is 516 g/mol. The van der Waals surface area contributed by atoms with Crippen LogP contribution in [-0.4, -0.2) is 50.1 Å². The fraction of sp³-hybridized carbons (Fsp3) is 0.516. The number of carbonyl (C=O) groups is 2. The number of aliphatic hydroxyl groups is 2. The third-order valence-corrected chi connectivity index (χ3v) is 10.1. The molecule has 4 aliphatic carbocycles. The Bertz CT molecular complexity index is 1360. The van der Waals surface area contributed by atoms with E-state index < -0.39 is 30.1 Å². The number of rotatable bonds is 4. The lowest BCUT2D eigenvalue weighted by atomic mass is 9.49. The molecule has 6 rings (SSSR count). The maximum atomic E-state index is 13.2. The van der Waals surface area contributed by atoms with Crippen LogP contribution in [0.3, 0.4) is 0 Å². The highest BCUT2D eigenvalue weighted by Gasteiger charge is 2.64. The molecule has 1 aromatic carbocycles. The largest absolute Gasteiger partial charge is 0.458 e. The van der Waals surface area contributed by atoms with E-state index in [4.69, 9.17) is 9.84 Å². The van der Waals surface area contributed by atoms with Gasteiger partial charge < -0.3 is 14.9 Å². The van der Waals surface area contributed by atoms with Crippen LogP contribution in [-0.2, 0) is 20.7 Å². The van der Waals surface area contributed by atoms with Crippen LogP contribution in [0, 0.1) is 35.0 Å². The molecule has 7 heteroatoms. The number of hydrogen-bond acceptors (Lipinski definition) is 6. The minimum atomic E-state index is -1.61. The van der Waals surface area contributed by atoms with Gasteiger partial charge in [-0.05, 0) is 73.3 Å². The van der Waals surface area contributed by atoms with E-state index in [0.717, 1.165) is 23.4 Å². The van der Waals surface area contributed by atoms with E-state index >= 15 is 0 Å². The summed E-state index contributed by atoms with van der Waals surface area (Å²) in [5.41, 5.74) is 3.77. The molecule has 4 aliphatic rings. The van der Waals surface area contributed by atoms with Gasteiger partial charge in [-0.1, -0.05) is 43.7 Å². The van der Waals surface area contributed by atoms with Gasteiger partial charge >= 0.3 is 5.97 Å². The van der Waals surface area contributed by atoms with Crippen molar-refractivity contribution in [2.75, 3.05) is 6.61 Å². The number of ether oxygens (including phenoxy) is 1. The second-order valence-corrected chi connectivity index (χ2v) is 12.1. The average Bonchev–Trinajstić information content (AvgIpc) is 3.40. The molecule has 38 heavy (non-hydrogen) atoms. The predicted octanol–water partition coefficient (Wildman–Crippen LogP) is 3.91. The van der Waals surface area contributed by atoms with E-state index in [2.05, 4.69) is 38.1 Å². The van der Waals surface area contributed by atoms with Crippen LogP contribution >= 0.6 is 0 Å². The van der Waals surface area contributed by atoms with E-state index in [1.165, 1.54) is 18.1 Å². The highest BCUT2D eigenvalue weighted by Crippen LogP contribution is 2.63. The van der Waals surface area contributed by atoms with E-state index in [1.807, 2.05) is 36.0 Å². The summed E-state index contributed by atoms with van der Waals surface area (Å²) >= 11 is 0. The fourth-order valence-corrected chi connectivity index (χ4v) is 8.48. The normalized spacial score (nSPS) is 37.2. The van der Waals surface area contributed by atoms with Crippen LogP contribution in [0.1, 0.15) is 51.8 Å². The number of hydrogen-bond donors (Lipinski definition) is 2. The molecule has 0 aliphatic heterocycles. The minimum Gasteiger partial charge on any atom is -0.458 e. The first-order valence-electron chi connectivity index (χ1n) is 13.7. The number of para-hydroxylation sites is 1. The van der Waals surface area contributed by atoms with Crippen molar-refractivity contribution in [2.24, 2.45) is 35.0 Å². The Labute approximate surface area is 223 Å². The number of fused-ring (bicyclic) bond motifs is 6. The summed E-state index contributed by atoms with van der Waals surface area (Å²) < 4.78 is 6.96. The van der Waals surface area contributed by atoms with Crippen LogP contribution < -0.4 is 0 Å². The van der Waals surface area contributed by atoms with E-state index in [-0.39, 0.29) is 35.0 Å². The molecule has 0 saturated heterocycles. The molecule has 2 fully saturated rings. The number of nitrogens with zero attached hydrogens (tertiary/aromatic N) is 2. The number of Topliss-reactive ketones (excluding diaryl/α,β-unsaturated/α-hetero) is 1. The molecule has 1 aromatic heterocycles. The molecular weight excluding hydrogens is 480 g/mol. The van der Waals surface area contributed by atoms with Gasteiger partial charge in [0.2, 0.25) is 5.78 Å². The van der Waals surface area contributed by atoms with Gasteiger partial charge in [-0.2, -0.15) is 5.10 Å². The third kappa shape index (κ3) is 3.51. The van der Waals surface area contributed by atoms with Gasteiger partial charge in [0.15, 0.2) is 6.61 Å². The molecule has 2 aromatic rings. The maximum Gasteiger partial charge on any atom is 0.303 e. The Morgan fingerprint density at radius 2 is 1.95 bits per heavy atom. The number of aliphatic hydroxyl groups excluding tert-OH is 1. The van der Waals surface area contributed by atoms with Gasteiger partial charge in [-0.15, -0.1) is 0 Å². The molecule has 0 amide bonds. The number of aromatic nitrogens is 2. The average molecular weight is 517 g/mol. The molecule has 2 saturated carbocycles. The standard InChI is InChI=1S/C31H36N2O5/c1-17-10-23-22-11-18(2)31(37,28(36)16-38-19(3)34)25(22)13-27(35)29(23)30(4)14-20-15-32-33(26(20)12-24(17)30)21-8-6-5-7-9-21/h5-10,12,15,18,22-23,25,27,29,35,37H,11,13-14,16H2,1-4H3/t18-,22+,23+,25+,27+,29-,30+,31-/m1/s1. The first-order valence-corrected chi connectivity index (χ1v) is 13.7. The van der Waals surface area contributed by atoms with Crippen LogP contribution in [0.4, 0.5) is 0 Å². The molecule has 0 radical (unpaired) electrons. The number of esters is 1. The molecule has 0 bridgehead atoms. The Hall–Kier alpha value is -3.03. The lowest BCUT2D eigenvalue weighted by molar-refractivity contribution is -0.163. The van der Waals surface area contributed by atoms with Crippen molar-refractivity contribution in [1.82, 2.24) is 9.78 Å². The van der Waals surface area contributed by atoms with Gasteiger partial charge in [-0.25, -0.2) is 4.68 Å². The van der Waals surface area contributed by atoms with Gasteiger partial charge in [0.1, 0.15) is 5.60 Å².